The molecule has 0 unspecified atom stereocenters. The van der Waals surface area contributed by atoms with Crippen molar-refractivity contribution in [3.05, 3.63) is 30.3 Å². The Hall–Kier alpha value is -1.14. The van der Waals surface area contributed by atoms with Gasteiger partial charge in [-0.15, -0.1) is 0 Å². The van der Waals surface area contributed by atoms with E-state index in [1.54, 1.807) is 0 Å². The van der Waals surface area contributed by atoms with Crippen molar-refractivity contribution in [1.29, 1.82) is 0 Å². The van der Waals surface area contributed by atoms with Gasteiger partial charge in [-0.3, -0.25) is 0 Å². The molecule has 2 aliphatic heterocycles. The van der Waals surface area contributed by atoms with Gasteiger partial charge in [0.05, 0.1) is 6.61 Å². The lowest BCUT2D eigenvalue weighted by atomic mass is 10.1. The smallest absolute Gasteiger partial charge is 0.164 e. The highest BCUT2D eigenvalue weighted by Gasteiger charge is 2.52. The molecule has 0 bridgehead atoms. The van der Waals surface area contributed by atoms with Crippen LogP contribution in [-0.2, 0) is 14.2 Å². The molecule has 2 aliphatic rings. The van der Waals surface area contributed by atoms with Crippen molar-refractivity contribution in [2.45, 2.75) is 44.1 Å². The number of aliphatic hydroxyl groups is 1. The maximum Gasteiger partial charge on any atom is 0.164 e. The van der Waals surface area contributed by atoms with E-state index in [9.17, 15) is 5.11 Å². The Morgan fingerprint density at radius 2 is 2.00 bits per heavy atom. The summed E-state index contributed by atoms with van der Waals surface area (Å²) >= 11 is 0. The van der Waals surface area contributed by atoms with Crippen LogP contribution in [0.15, 0.2) is 30.3 Å². The number of epoxide rings is 1. The van der Waals surface area contributed by atoms with Crippen molar-refractivity contribution in [3.63, 3.8) is 0 Å². The highest BCUT2D eigenvalue weighted by Crippen LogP contribution is 2.36. The number of para-hydroxylation sites is 1. The molecule has 0 amide bonds. The van der Waals surface area contributed by atoms with Gasteiger partial charge in [-0.1, -0.05) is 18.2 Å². The summed E-state index contributed by atoms with van der Waals surface area (Å²) in [6.45, 7) is 4.50. The summed E-state index contributed by atoms with van der Waals surface area (Å²) in [5, 5.41) is 10.3. The van der Waals surface area contributed by atoms with E-state index in [0.717, 1.165) is 5.75 Å². The van der Waals surface area contributed by atoms with Crippen LogP contribution < -0.4 is 4.74 Å². The van der Waals surface area contributed by atoms with Crippen molar-refractivity contribution in [2.24, 2.45) is 0 Å². The van der Waals surface area contributed by atoms with E-state index in [4.69, 9.17) is 18.9 Å². The van der Waals surface area contributed by atoms with Crippen LogP contribution in [-0.4, -0.2) is 48.5 Å². The third-order valence-corrected chi connectivity index (χ3v) is 3.43. The second-order valence-electron chi connectivity index (χ2n) is 5.63. The molecule has 0 saturated carbocycles. The lowest BCUT2D eigenvalue weighted by Gasteiger charge is -2.22. The first-order chi connectivity index (χ1) is 9.55. The van der Waals surface area contributed by atoms with Gasteiger partial charge in [-0.2, -0.15) is 0 Å². The van der Waals surface area contributed by atoms with Crippen LogP contribution in [0.1, 0.15) is 13.8 Å². The molecule has 3 rings (SSSR count). The lowest BCUT2D eigenvalue weighted by molar-refractivity contribution is -0.157. The van der Waals surface area contributed by atoms with Crippen LogP contribution in [0.5, 0.6) is 5.75 Å². The number of hydrogen-bond acceptors (Lipinski definition) is 5. The third-order valence-electron chi connectivity index (χ3n) is 3.43. The van der Waals surface area contributed by atoms with E-state index in [2.05, 4.69) is 0 Å². The summed E-state index contributed by atoms with van der Waals surface area (Å²) in [6, 6.07) is 9.40. The van der Waals surface area contributed by atoms with Gasteiger partial charge in [0.15, 0.2) is 5.79 Å². The van der Waals surface area contributed by atoms with Crippen molar-refractivity contribution >= 4 is 0 Å². The molecule has 1 aromatic rings. The first-order valence-electron chi connectivity index (χ1n) is 6.88. The van der Waals surface area contributed by atoms with E-state index >= 15 is 0 Å². The lowest BCUT2D eigenvalue weighted by Crippen LogP contribution is -2.41. The molecule has 2 heterocycles. The van der Waals surface area contributed by atoms with Gasteiger partial charge < -0.3 is 24.1 Å². The van der Waals surface area contributed by atoms with Crippen LogP contribution in [0, 0.1) is 0 Å². The normalized spacial score (nSPS) is 32.9. The van der Waals surface area contributed by atoms with Crippen LogP contribution in [0.3, 0.4) is 0 Å². The van der Waals surface area contributed by atoms with E-state index < -0.39 is 18.0 Å². The summed E-state index contributed by atoms with van der Waals surface area (Å²) in [5.74, 6) is 0.0265. The first-order valence-corrected chi connectivity index (χ1v) is 6.88. The van der Waals surface area contributed by atoms with Gasteiger partial charge in [0, 0.05) is 0 Å². The van der Waals surface area contributed by atoms with Crippen molar-refractivity contribution in [1.82, 2.24) is 0 Å². The standard InChI is InChI=1S/C15H20O5/c1-15(2)19-13(14(20-15)12-9-18-12)11(16)8-17-10-6-4-3-5-7-10/h3-7,11-14,16H,8-9H2,1-2H3/t11-,12-,13-,14-/m1/s1. The van der Waals surface area contributed by atoms with E-state index in [1.165, 1.54) is 0 Å². The molecule has 20 heavy (non-hydrogen) atoms. The van der Waals surface area contributed by atoms with E-state index in [1.807, 2.05) is 44.2 Å². The Labute approximate surface area is 118 Å². The first kappa shape index (κ1) is 13.8. The minimum Gasteiger partial charge on any atom is -0.491 e. The zero-order valence-corrected chi connectivity index (χ0v) is 11.7. The van der Waals surface area contributed by atoms with Crippen LogP contribution >= 0.6 is 0 Å². The average molecular weight is 280 g/mol. The molecule has 2 fully saturated rings. The number of rotatable bonds is 5. The summed E-state index contributed by atoms with van der Waals surface area (Å²) in [6.07, 6.45) is -1.40. The van der Waals surface area contributed by atoms with E-state index in [0.29, 0.717) is 6.61 Å². The van der Waals surface area contributed by atoms with Crippen LogP contribution in [0.25, 0.3) is 0 Å². The summed E-state index contributed by atoms with van der Waals surface area (Å²) in [4.78, 5) is 0. The molecule has 0 aliphatic carbocycles. The molecule has 0 spiro atoms. The summed E-state index contributed by atoms with van der Waals surface area (Å²) in [5.41, 5.74) is 0. The number of benzene rings is 1. The fraction of sp³-hybridized carbons (Fsp3) is 0.600. The Morgan fingerprint density at radius 1 is 1.30 bits per heavy atom. The SMILES string of the molecule is CC1(C)O[C@H]([C@H](O)COc2ccccc2)[C@@H]([C@H]2CO2)O1. The second kappa shape index (κ2) is 5.33. The maximum absolute atomic E-state index is 10.3. The predicted molar refractivity (Wildman–Crippen MR) is 71.5 cm³/mol. The highest BCUT2D eigenvalue weighted by atomic mass is 16.8. The molecular formula is C15H20O5. The molecule has 0 aromatic heterocycles. The second-order valence-corrected chi connectivity index (χ2v) is 5.63. The fourth-order valence-electron chi connectivity index (χ4n) is 2.44. The largest absolute Gasteiger partial charge is 0.491 e. The van der Waals surface area contributed by atoms with Crippen LogP contribution in [0.2, 0.25) is 0 Å². The Kier molecular flexibility index (Phi) is 3.69. The summed E-state index contributed by atoms with van der Waals surface area (Å²) < 4.78 is 22.4. The third kappa shape index (κ3) is 3.12. The highest BCUT2D eigenvalue weighted by molar-refractivity contribution is 5.21. The molecule has 1 N–H and O–H groups in total. The van der Waals surface area contributed by atoms with Gasteiger partial charge >= 0.3 is 0 Å². The van der Waals surface area contributed by atoms with Gasteiger partial charge in [0.2, 0.25) is 0 Å². The Bertz CT molecular complexity index is 443. The molecule has 0 radical (unpaired) electrons. The zero-order valence-electron chi connectivity index (χ0n) is 11.7. The molecule has 5 heteroatoms. The molecule has 2 saturated heterocycles. The number of ether oxygens (including phenoxy) is 4. The zero-order chi connectivity index (χ0) is 14.2. The quantitative estimate of drug-likeness (QED) is 0.825. The van der Waals surface area contributed by atoms with Crippen LogP contribution in [0.4, 0.5) is 0 Å². The molecule has 5 nitrogen and oxygen atoms in total. The molecular weight excluding hydrogens is 260 g/mol. The predicted octanol–water partition coefficient (Wildman–Crippen LogP) is 1.35. The molecule has 110 valence electrons. The Morgan fingerprint density at radius 3 is 2.65 bits per heavy atom. The van der Waals surface area contributed by atoms with Gasteiger partial charge in [0.25, 0.3) is 0 Å². The van der Waals surface area contributed by atoms with Crippen molar-refractivity contribution in [3.8, 4) is 5.75 Å². The number of aliphatic hydroxyl groups excluding tert-OH is 1. The monoisotopic (exact) mass is 280 g/mol. The Balaban J connectivity index is 1.59. The maximum atomic E-state index is 10.3. The van der Waals surface area contributed by atoms with Crippen molar-refractivity contribution in [2.75, 3.05) is 13.2 Å². The van der Waals surface area contributed by atoms with Crippen molar-refractivity contribution < 1.29 is 24.1 Å². The number of hydrogen-bond donors (Lipinski definition) is 1. The molecule has 4 atom stereocenters. The van der Waals surface area contributed by atoms with Gasteiger partial charge in [-0.25, -0.2) is 0 Å². The topological polar surface area (TPSA) is 60.5 Å². The fourth-order valence-corrected chi connectivity index (χ4v) is 2.44. The average Bonchev–Trinajstić information content (AvgIpc) is 3.21. The van der Waals surface area contributed by atoms with Gasteiger partial charge in [-0.05, 0) is 26.0 Å². The molecule has 1 aromatic carbocycles. The minimum atomic E-state index is -0.758. The summed E-state index contributed by atoms with van der Waals surface area (Å²) in [7, 11) is 0. The van der Waals surface area contributed by atoms with Gasteiger partial charge in [0.1, 0.15) is 36.8 Å². The van der Waals surface area contributed by atoms with E-state index in [-0.39, 0.29) is 18.8 Å². The minimum absolute atomic E-state index is 0.0214.